The van der Waals surface area contributed by atoms with Gasteiger partial charge in [0.05, 0.1) is 25.1 Å². The Morgan fingerprint density at radius 1 is 1.39 bits per heavy atom. The molecule has 1 N–H and O–H groups in total. The van der Waals surface area contributed by atoms with Crippen LogP contribution in [0.5, 0.6) is 0 Å². The lowest BCUT2D eigenvalue weighted by atomic mass is 10.2. The molecule has 2 aromatic heterocycles. The molecule has 0 bridgehead atoms. The van der Waals surface area contributed by atoms with Gasteiger partial charge in [-0.1, -0.05) is 47.2 Å². The maximum Gasteiger partial charge on any atom is 0.214 e. The van der Waals surface area contributed by atoms with Gasteiger partial charge in [0, 0.05) is 17.1 Å². The minimum atomic E-state index is 0.591. The number of nitrogens with one attached hydrogen (secondary N) is 1. The minimum absolute atomic E-state index is 0.591. The summed E-state index contributed by atoms with van der Waals surface area (Å²) in [5.41, 5.74) is 2.93. The molecule has 5 nitrogen and oxygen atoms in total. The van der Waals surface area contributed by atoms with Crippen molar-refractivity contribution in [3.8, 4) is 11.3 Å². The molecule has 0 atom stereocenters. The van der Waals surface area contributed by atoms with Crippen LogP contribution in [0.25, 0.3) is 16.2 Å². The molecule has 0 unspecified atom stereocenters. The molecule has 3 aromatic rings. The lowest BCUT2D eigenvalue weighted by molar-refractivity contribution is 0.167. The second-order valence-corrected chi connectivity index (χ2v) is 6.60. The van der Waals surface area contributed by atoms with Crippen LogP contribution in [0.15, 0.2) is 42.6 Å². The highest BCUT2D eigenvalue weighted by molar-refractivity contribution is 7.20. The van der Waals surface area contributed by atoms with Crippen molar-refractivity contribution < 1.29 is 4.74 Å². The van der Waals surface area contributed by atoms with Crippen molar-refractivity contribution in [1.29, 1.82) is 0 Å². The van der Waals surface area contributed by atoms with Gasteiger partial charge >= 0.3 is 0 Å². The summed E-state index contributed by atoms with van der Waals surface area (Å²) in [5.74, 6) is 0. The molecule has 120 valence electrons. The number of hydrogen-bond donors (Lipinski definition) is 1. The number of hydrogen-bond acceptors (Lipinski definition) is 5. The fourth-order valence-electron chi connectivity index (χ4n) is 2.01. The van der Waals surface area contributed by atoms with Crippen LogP contribution in [-0.4, -0.2) is 34.4 Å². The zero-order valence-electron chi connectivity index (χ0n) is 12.8. The topological polar surface area (TPSA) is 51.5 Å². The van der Waals surface area contributed by atoms with Gasteiger partial charge in [0.15, 0.2) is 0 Å². The van der Waals surface area contributed by atoms with E-state index in [1.165, 1.54) is 11.3 Å². The summed E-state index contributed by atoms with van der Waals surface area (Å²) >= 11 is 7.42. The first-order chi connectivity index (χ1) is 11.1. The Morgan fingerprint density at radius 2 is 2.17 bits per heavy atom. The standard InChI is InChI=1S/C16H17ClN4OS/c1-11(2)10-22-8-7-18-15-20-21-9-14(19-16(21)23-15)12-3-5-13(17)6-4-12/h3-6,9H,1,7-8,10H2,2H3,(H,18,20). The van der Waals surface area contributed by atoms with E-state index in [-0.39, 0.29) is 0 Å². The number of nitrogens with zero attached hydrogens (tertiary/aromatic N) is 3. The lowest BCUT2D eigenvalue weighted by Crippen LogP contribution is -2.10. The van der Waals surface area contributed by atoms with Crippen molar-refractivity contribution in [3.63, 3.8) is 0 Å². The van der Waals surface area contributed by atoms with Crippen LogP contribution in [0, 0.1) is 0 Å². The third-order valence-corrected chi connectivity index (χ3v) is 4.19. The molecule has 0 saturated heterocycles. The molecule has 0 radical (unpaired) electrons. The molecular formula is C16H17ClN4OS. The number of rotatable bonds is 7. The van der Waals surface area contributed by atoms with Gasteiger partial charge in [-0.15, -0.1) is 5.10 Å². The van der Waals surface area contributed by atoms with Crippen molar-refractivity contribution in [2.24, 2.45) is 0 Å². The molecule has 7 heteroatoms. The van der Waals surface area contributed by atoms with Gasteiger partial charge in [0.25, 0.3) is 0 Å². The van der Waals surface area contributed by atoms with E-state index >= 15 is 0 Å². The van der Waals surface area contributed by atoms with Crippen LogP contribution in [0.4, 0.5) is 5.13 Å². The zero-order chi connectivity index (χ0) is 16.2. The van der Waals surface area contributed by atoms with E-state index < -0.39 is 0 Å². The lowest BCUT2D eigenvalue weighted by Gasteiger charge is -2.03. The summed E-state index contributed by atoms with van der Waals surface area (Å²) in [4.78, 5) is 5.44. The molecule has 1 aromatic carbocycles. The van der Waals surface area contributed by atoms with Crippen LogP contribution in [0.3, 0.4) is 0 Å². The van der Waals surface area contributed by atoms with Crippen LogP contribution in [-0.2, 0) is 4.74 Å². The summed E-state index contributed by atoms with van der Waals surface area (Å²) in [6, 6.07) is 7.62. The van der Waals surface area contributed by atoms with Gasteiger partial charge in [0.2, 0.25) is 10.1 Å². The van der Waals surface area contributed by atoms with Crippen LogP contribution in [0.1, 0.15) is 6.92 Å². The molecule has 0 aliphatic carbocycles. The average Bonchev–Trinajstić information content (AvgIpc) is 3.05. The number of benzene rings is 1. The van der Waals surface area contributed by atoms with E-state index in [1.807, 2.05) is 37.4 Å². The Hall–Kier alpha value is -1.89. The first-order valence-corrected chi connectivity index (χ1v) is 8.39. The van der Waals surface area contributed by atoms with Crippen molar-refractivity contribution in [2.75, 3.05) is 25.1 Å². The van der Waals surface area contributed by atoms with Gasteiger partial charge < -0.3 is 10.1 Å². The number of aromatic nitrogens is 3. The van der Waals surface area contributed by atoms with E-state index in [0.717, 1.165) is 26.9 Å². The van der Waals surface area contributed by atoms with Crippen molar-refractivity contribution in [2.45, 2.75) is 6.92 Å². The Kier molecular flexibility index (Phi) is 4.95. The average molecular weight is 349 g/mol. The summed E-state index contributed by atoms with van der Waals surface area (Å²) in [6.45, 7) is 7.65. The van der Waals surface area contributed by atoms with Crippen molar-refractivity contribution >= 4 is 33.0 Å². The Balaban J connectivity index is 1.61. The first kappa shape index (κ1) is 16.0. The number of anilines is 1. The molecule has 2 heterocycles. The normalized spacial score (nSPS) is 11.0. The summed E-state index contributed by atoms with van der Waals surface area (Å²) in [6.07, 6.45) is 1.91. The van der Waals surface area contributed by atoms with Crippen molar-refractivity contribution in [1.82, 2.24) is 14.6 Å². The fraction of sp³-hybridized carbons (Fsp3) is 0.250. The molecule has 0 aliphatic rings. The Morgan fingerprint density at radius 3 is 2.87 bits per heavy atom. The van der Waals surface area contributed by atoms with Crippen LogP contribution in [0.2, 0.25) is 5.02 Å². The van der Waals surface area contributed by atoms with Gasteiger partial charge in [-0.3, -0.25) is 0 Å². The molecule has 0 aliphatic heterocycles. The number of fused-ring (bicyclic) bond motifs is 1. The number of imidazole rings is 1. The highest BCUT2D eigenvalue weighted by Crippen LogP contribution is 2.25. The molecule has 0 amide bonds. The molecule has 0 fully saturated rings. The third-order valence-electron chi connectivity index (χ3n) is 3.05. The van der Waals surface area contributed by atoms with Gasteiger partial charge in [-0.2, -0.15) is 0 Å². The number of halogens is 1. The van der Waals surface area contributed by atoms with E-state index in [9.17, 15) is 0 Å². The number of ether oxygens (including phenoxy) is 1. The quantitative estimate of drug-likeness (QED) is 0.515. The van der Waals surface area contributed by atoms with E-state index in [4.69, 9.17) is 16.3 Å². The monoisotopic (exact) mass is 348 g/mol. The predicted molar refractivity (Wildman–Crippen MR) is 95.4 cm³/mol. The smallest absolute Gasteiger partial charge is 0.214 e. The Bertz CT molecular complexity index is 778. The molecule has 3 rings (SSSR count). The molecule has 0 saturated carbocycles. The SMILES string of the molecule is C=C(C)COCCNc1nn2cc(-c3ccc(Cl)cc3)nc2s1. The highest BCUT2D eigenvalue weighted by Gasteiger charge is 2.09. The second kappa shape index (κ2) is 7.12. The van der Waals surface area contributed by atoms with Crippen molar-refractivity contribution in [3.05, 3.63) is 47.6 Å². The maximum atomic E-state index is 5.91. The first-order valence-electron chi connectivity index (χ1n) is 7.20. The van der Waals surface area contributed by atoms with Gasteiger partial charge in [0.1, 0.15) is 0 Å². The summed E-state index contributed by atoms with van der Waals surface area (Å²) in [5, 5.41) is 9.25. The minimum Gasteiger partial charge on any atom is -0.375 e. The maximum absolute atomic E-state index is 5.91. The highest BCUT2D eigenvalue weighted by atomic mass is 35.5. The zero-order valence-corrected chi connectivity index (χ0v) is 14.3. The predicted octanol–water partition coefficient (Wildman–Crippen LogP) is 4.12. The van der Waals surface area contributed by atoms with Crippen LogP contribution < -0.4 is 5.32 Å². The van der Waals surface area contributed by atoms with Gasteiger partial charge in [-0.25, -0.2) is 9.50 Å². The largest absolute Gasteiger partial charge is 0.375 e. The summed E-state index contributed by atoms with van der Waals surface area (Å²) in [7, 11) is 0. The Labute approximate surface area is 143 Å². The fourth-order valence-corrected chi connectivity index (χ4v) is 2.94. The summed E-state index contributed by atoms with van der Waals surface area (Å²) < 4.78 is 7.22. The third kappa shape index (κ3) is 4.10. The molecule has 0 spiro atoms. The van der Waals surface area contributed by atoms with Gasteiger partial charge in [-0.05, 0) is 19.1 Å². The molecule has 23 heavy (non-hydrogen) atoms. The molecular weight excluding hydrogens is 332 g/mol. The van der Waals surface area contributed by atoms with E-state index in [0.29, 0.717) is 24.8 Å². The second-order valence-electron chi connectivity index (χ2n) is 5.20. The van der Waals surface area contributed by atoms with Crippen LogP contribution >= 0.6 is 22.9 Å². The van der Waals surface area contributed by atoms with E-state index in [1.54, 1.807) is 4.52 Å². The van der Waals surface area contributed by atoms with E-state index in [2.05, 4.69) is 22.0 Å².